The minimum atomic E-state index is 0.0210. The first kappa shape index (κ1) is 19.6. The molecule has 1 aromatic heterocycles. The Balaban J connectivity index is 1.61. The van der Waals surface area contributed by atoms with Crippen molar-refractivity contribution in [3.63, 3.8) is 0 Å². The van der Waals surface area contributed by atoms with Crippen LogP contribution in [0.15, 0.2) is 54.7 Å². The van der Waals surface area contributed by atoms with Crippen LogP contribution in [0.25, 0.3) is 0 Å². The van der Waals surface area contributed by atoms with Gasteiger partial charge in [0, 0.05) is 35.4 Å². The maximum Gasteiger partial charge on any atom is 0.258 e. The highest BCUT2D eigenvalue weighted by atomic mass is 32.1. The van der Waals surface area contributed by atoms with E-state index in [0.717, 1.165) is 35.2 Å². The minimum absolute atomic E-state index is 0.0210. The molecular formula is C24H27N3OS. The molecule has 0 aliphatic carbocycles. The zero-order valence-electron chi connectivity index (χ0n) is 17.1. The number of carbonyl (C=O) groups excluding carboxylic acids is 1. The SMILES string of the molecule is CCc1ccc(C(=O)N(Cc2cnc(N3CCCC3)s2)c2ccc(C)cc2)cc1. The lowest BCUT2D eigenvalue weighted by atomic mass is 10.1. The van der Waals surface area contributed by atoms with Gasteiger partial charge in [0.15, 0.2) is 5.13 Å². The number of amides is 1. The second kappa shape index (κ2) is 8.78. The molecule has 0 N–H and O–H groups in total. The van der Waals surface area contributed by atoms with Gasteiger partial charge in [-0.1, -0.05) is 36.8 Å². The number of aromatic nitrogens is 1. The Hall–Kier alpha value is -2.66. The van der Waals surface area contributed by atoms with E-state index in [-0.39, 0.29) is 5.91 Å². The van der Waals surface area contributed by atoms with Crippen molar-refractivity contribution in [2.75, 3.05) is 22.9 Å². The molecule has 1 aliphatic heterocycles. The number of rotatable bonds is 6. The quantitative estimate of drug-likeness (QED) is 0.546. The third-order valence-corrected chi connectivity index (χ3v) is 6.47. The molecule has 0 atom stereocenters. The van der Waals surface area contributed by atoms with Crippen LogP contribution < -0.4 is 9.80 Å². The Morgan fingerprint density at radius 3 is 2.41 bits per heavy atom. The number of thiazole rings is 1. The fourth-order valence-corrected chi connectivity index (χ4v) is 4.58. The molecule has 29 heavy (non-hydrogen) atoms. The predicted octanol–water partition coefficient (Wildman–Crippen LogP) is 5.46. The van der Waals surface area contributed by atoms with Gasteiger partial charge in [0.1, 0.15) is 0 Å². The fraction of sp³-hybridized carbons (Fsp3) is 0.333. The molecule has 1 fully saturated rings. The van der Waals surface area contributed by atoms with E-state index in [2.05, 4.69) is 35.9 Å². The van der Waals surface area contributed by atoms with E-state index in [0.29, 0.717) is 12.1 Å². The molecule has 5 heteroatoms. The van der Waals surface area contributed by atoms with Crippen LogP contribution >= 0.6 is 11.3 Å². The van der Waals surface area contributed by atoms with Crippen molar-refractivity contribution in [3.8, 4) is 0 Å². The average Bonchev–Trinajstić information content (AvgIpc) is 3.44. The summed E-state index contributed by atoms with van der Waals surface area (Å²) in [5.41, 5.74) is 4.05. The normalized spacial score (nSPS) is 13.7. The van der Waals surface area contributed by atoms with E-state index in [9.17, 15) is 4.79 Å². The number of hydrogen-bond donors (Lipinski definition) is 0. The van der Waals surface area contributed by atoms with Crippen molar-refractivity contribution >= 4 is 28.1 Å². The van der Waals surface area contributed by atoms with Crippen molar-refractivity contribution in [2.24, 2.45) is 0 Å². The topological polar surface area (TPSA) is 36.4 Å². The van der Waals surface area contributed by atoms with Gasteiger partial charge in [-0.05, 0) is 56.0 Å². The lowest BCUT2D eigenvalue weighted by Crippen LogP contribution is -2.30. The Labute approximate surface area is 176 Å². The summed E-state index contributed by atoms with van der Waals surface area (Å²) in [4.78, 5) is 23.3. The molecule has 0 saturated carbocycles. The Bertz CT molecular complexity index is 957. The first-order valence-corrected chi connectivity index (χ1v) is 11.1. The second-order valence-electron chi connectivity index (χ2n) is 7.58. The van der Waals surface area contributed by atoms with Gasteiger partial charge in [-0.25, -0.2) is 4.98 Å². The van der Waals surface area contributed by atoms with Crippen LogP contribution in [0.4, 0.5) is 10.8 Å². The Morgan fingerprint density at radius 1 is 1.07 bits per heavy atom. The van der Waals surface area contributed by atoms with Crippen LogP contribution in [0, 0.1) is 6.92 Å². The summed E-state index contributed by atoms with van der Waals surface area (Å²) < 4.78 is 0. The molecule has 0 bridgehead atoms. The highest BCUT2D eigenvalue weighted by Crippen LogP contribution is 2.29. The minimum Gasteiger partial charge on any atom is -0.348 e. The molecule has 0 spiro atoms. The van der Waals surface area contributed by atoms with E-state index in [4.69, 9.17) is 0 Å². The highest BCUT2D eigenvalue weighted by Gasteiger charge is 2.21. The van der Waals surface area contributed by atoms with E-state index >= 15 is 0 Å². The zero-order valence-corrected chi connectivity index (χ0v) is 17.9. The van der Waals surface area contributed by atoms with Gasteiger partial charge in [-0.2, -0.15) is 0 Å². The van der Waals surface area contributed by atoms with E-state index in [1.807, 2.05) is 47.5 Å². The molecule has 0 unspecified atom stereocenters. The van der Waals surface area contributed by atoms with Crippen molar-refractivity contribution in [2.45, 2.75) is 39.7 Å². The van der Waals surface area contributed by atoms with Gasteiger partial charge in [0.25, 0.3) is 5.91 Å². The third kappa shape index (κ3) is 4.51. The lowest BCUT2D eigenvalue weighted by molar-refractivity contribution is 0.0985. The van der Waals surface area contributed by atoms with E-state index in [1.165, 1.54) is 24.0 Å². The van der Waals surface area contributed by atoms with Gasteiger partial charge < -0.3 is 9.80 Å². The van der Waals surface area contributed by atoms with E-state index in [1.54, 1.807) is 11.3 Å². The first-order chi connectivity index (χ1) is 14.1. The Morgan fingerprint density at radius 2 is 1.76 bits per heavy atom. The monoisotopic (exact) mass is 405 g/mol. The predicted molar refractivity (Wildman–Crippen MR) is 121 cm³/mol. The summed E-state index contributed by atoms with van der Waals surface area (Å²) in [5, 5.41) is 1.07. The van der Waals surface area contributed by atoms with Crippen LogP contribution in [-0.4, -0.2) is 24.0 Å². The first-order valence-electron chi connectivity index (χ1n) is 10.3. The van der Waals surface area contributed by atoms with Crippen molar-refractivity contribution in [1.29, 1.82) is 0 Å². The lowest BCUT2D eigenvalue weighted by Gasteiger charge is -2.23. The van der Waals surface area contributed by atoms with Crippen LogP contribution in [0.1, 0.15) is 46.1 Å². The molecule has 1 aliphatic rings. The number of carbonyl (C=O) groups is 1. The van der Waals surface area contributed by atoms with Gasteiger partial charge in [-0.15, -0.1) is 11.3 Å². The number of aryl methyl sites for hydroxylation is 2. The molecule has 3 aromatic rings. The zero-order chi connectivity index (χ0) is 20.2. The van der Waals surface area contributed by atoms with Crippen molar-refractivity contribution in [1.82, 2.24) is 4.98 Å². The summed E-state index contributed by atoms with van der Waals surface area (Å²) in [6, 6.07) is 16.1. The summed E-state index contributed by atoms with van der Waals surface area (Å²) in [6.07, 6.45) is 5.36. The van der Waals surface area contributed by atoms with Gasteiger partial charge in [0.05, 0.1) is 6.54 Å². The third-order valence-electron chi connectivity index (χ3n) is 5.43. The molecular weight excluding hydrogens is 378 g/mol. The maximum absolute atomic E-state index is 13.4. The fourth-order valence-electron chi connectivity index (χ4n) is 3.62. The number of anilines is 2. The highest BCUT2D eigenvalue weighted by molar-refractivity contribution is 7.15. The van der Waals surface area contributed by atoms with Gasteiger partial charge in [0.2, 0.25) is 0 Å². The van der Waals surface area contributed by atoms with Crippen molar-refractivity contribution in [3.05, 3.63) is 76.3 Å². The molecule has 1 saturated heterocycles. The molecule has 4 rings (SSSR count). The molecule has 2 aromatic carbocycles. The van der Waals surface area contributed by atoms with Crippen LogP contribution in [0.3, 0.4) is 0 Å². The standard InChI is InChI=1S/C24H27N3OS/c1-3-19-8-10-20(11-9-19)23(28)27(21-12-6-18(2)7-13-21)17-22-16-25-24(29-22)26-14-4-5-15-26/h6-13,16H,3-5,14-15,17H2,1-2H3. The number of nitrogens with zero attached hydrogens (tertiary/aromatic N) is 3. The van der Waals surface area contributed by atoms with Crippen molar-refractivity contribution < 1.29 is 4.79 Å². The molecule has 4 nitrogen and oxygen atoms in total. The van der Waals surface area contributed by atoms with Gasteiger partial charge >= 0.3 is 0 Å². The summed E-state index contributed by atoms with van der Waals surface area (Å²) in [6.45, 7) is 6.87. The summed E-state index contributed by atoms with van der Waals surface area (Å²) >= 11 is 1.70. The van der Waals surface area contributed by atoms with Crippen LogP contribution in [0.5, 0.6) is 0 Å². The second-order valence-corrected chi connectivity index (χ2v) is 8.67. The molecule has 150 valence electrons. The summed E-state index contributed by atoms with van der Waals surface area (Å²) in [7, 11) is 0. The van der Waals surface area contributed by atoms with Crippen LogP contribution in [0.2, 0.25) is 0 Å². The largest absolute Gasteiger partial charge is 0.348 e. The smallest absolute Gasteiger partial charge is 0.258 e. The molecule has 0 radical (unpaired) electrons. The average molecular weight is 406 g/mol. The molecule has 2 heterocycles. The Kier molecular flexibility index (Phi) is 5.95. The number of benzene rings is 2. The number of hydrogen-bond acceptors (Lipinski definition) is 4. The van der Waals surface area contributed by atoms with Crippen LogP contribution in [-0.2, 0) is 13.0 Å². The maximum atomic E-state index is 13.4. The van der Waals surface area contributed by atoms with Gasteiger partial charge in [-0.3, -0.25) is 4.79 Å². The summed E-state index contributed by atoms with van der Waals surface area (Å²) in [5.74, 6) is 0.0210. The molecule has 1 amide bonds. The van der Waals surface area contributed by atoms with E-state index < -0.39 is 0 Å².